The van der Waals surface area contributed by atoms with Crippen molar-refractivity contribution >= 4 is 37.5 Å². The monoisotopic (exact) mass is 506 g/mol. The summed E-state index contributed by atoms with van der Waals surface area (Å²) in [6.07, 6.45) is -5.46. The van der Waals surface area contributed by atoms with Crippen LogP contribution in [0, 0.1) is 17.0 Å². The molecule has 4 aromatic rings. The Morgan fingerprint density at radius 2 is 1.68 bits per heavy atom. The molecule has 0 atom stereocenters. The molecule has 15 heteroatoms. The lowest BCUT2D eigenvalue weighted by atomic mass is 10.0. The van der Waals surface area contributed by atoms with Gasteiger partial charge in [0.15, 0.2) is 0 Å². The number of thiophene rings is 1. The molecule has 34 heavy (non-hydrogen) atoms. The van der Waals surface area contributed by atoms with Gasteiger partial charge in [-0.2, -0.15) is 30.7 Å². The number of rotatable bonds is 4. The van der Waals surface area contributed by atoms with Gasteiger partial charge in [-0.25, -0.2) is 9.97 Å². The van der Waals surface area contributed by atoms with E-state index >= 15 is 0 Å². The number of fused-ring (bicyclic) bond motifs is 3. The van der Waals surface area contributed by atoms with Crippen LogP contribution in [0.25, 0.3) is 26.1 Å². The van der Waals surface area contributed by atoms with Crippen LogP contribution in [0.4, 0.5) is 36.4 Å². The number of benzene rings is 1. The summed E-state index contributed by atoms with van der Waals surface area (Å²) in [5, 5.41) is 10.8. The second-order valence-corrected chi connectivity index (χ2v) is 8.12. The minimum absolute atomic E-state index is 0.00869. The smallest absolute Gasteiger partial charge is 0.267 e. The Labute approximate surface area is 187 Å². The lowest BCUT2D eigenvalue weighted by Gasteiger charge is -2.27. The summed E-state index contributed by atoms with van der Waals surface area (Å²) in [6, 6.07) is 5.21. The molecule has 3 aromatic heterocycles. The summed E-state index contributed by atoms with van der Waals surface area (Å²) in [4.78, 5) is 30.1. The summed E-state index contributed by atoms with van der Waals surface area (Å²) in [5.74, 6) is -12.1. The Kier molecular flexibility index (Phi) is 5.15. The van der Waals surface area contributed by atoms with Crippen molar-refractivity contribution < 1.29 is 35.7 Å². The number of halogens is 7. The number of pyridine rings is 1. The molecule has 0 saturated heterocycles. The van der Waals surface area contributed by atoms with E-state index in [-0.39, 0.29) is 37.4 Å². The van der Waals surface area contributed by atoms with E-state index in [9.17, 15) is 45.6 Å². The van der Waals surface area contributed by atoms with Crippen molar-refractivity contribution in [2.75, 3.05) is 0 Å². The van der Waals surface area contributed by atoms with Crippen LogP contribution in [0.2, 0.25) is 0 Å². The van der Waals surface area contributed by atoms with Gasteiger partial charge in [-0.3, -0.25) is 19.5 Å². The first kappa shape index (κ1) is 23.5. The molecule has 1 aromatic carbocycles. The fourth-order valence-corrected chi connectivity index (χ4v) is 4.36. The van der Waals surface area contributed by atoms with E-state index in [1.54, 1.807) is 0 Å². The number of alkyl halides is 7. The lowest BCUT2D eigenvalue weighted by Crippen LogP contribution is -2.50. The normalized spacial score (nSPS) is 13.1. The molecule has 0 bridgehead atoms. The quantitative estimate of drug-likeness (QED) is 0.207. The highest BCUT2D eigenvalue weighted by Crippen LogP contribution is 2.52. The highest BCUT2D eigenvalue weighted by Gasteiger charge is 2.74. The van der Waals surface area contributed by atoms with Crippen molar-refractivity contribution in [3.05, 3.63) is 68.4 Å². The van der Waals surface area contributed by atoms with Crippen molar-refractivity contribution in [1.82, 2.24) is 14.5 Å². The Bertz CT molecular complexity index is 1510. The molecule has 0 aliphatic rings. The topological polar surface area (TPSA) is 90.9 Å². The van der Waals surface area contributed by atoms with Crippen molar-refractivity contribution in [2.45, 2.75) is 24.9 Å². The molecule has 7 nitrogen and oxygen atoms in total. The molecular formula is C19H9F7N4O3S. The molecule has 0 aliphatic heterocycles. The van der Waals surface area contributed by atoms with Gasteiger partial charge in [-0.1, -0.05) is 0 Å². The van der Waals surface area contributed by atoms with E-state index < -0.39 is 34.2 Å². The van der Waals surface area contributed by atoms with Gasteiger partial charge in [-0.15, -0.1) is 11.3 Å². The second kappa shape index (κ2) is 7.44. The van der Waals surface area contributed by atoms with E-state index in [4.69, 9.17) is 0 Å². The van der Waals surface area contributed by atoms with E-state index in [0.717, 1.165) is 23.0 Å². The fourth-order valence-electron chi connectivity index (χ4n) is 3.23. The number of aromatic nitrogens is 3. The van der Waals surface area contributed by atoms with Gasteiger partial charge in [0.2, 0.25) is 0 Å². The molecule has 0 saturated carbocycles. The zero-order chi connectivity index (χ0) is 25.2. The van der Waals surface area contributed by atoms with E-state index in [1.165, 1.54) is 19.1 Å². The van der Waals surface area contributed by atoms with Gasteiger partial charge >= 0.3 is 18.0 Å². The Balaban J connectivity index is 1.90. The molecule has 0 unspecified atom stereocenters. The van der Waals surface area contributed by atoms with Crippen LogP contribution in [-0.2, 0) is 5.92 Å². The molecule has 3 heterocycles. The Hall–Kier alpha value is -3.62. The fraction of sp³-hybridized carbons (Fsp3) is 0.211. The Morgan fingerprint density at radius 3 is 2.24 bits per heavy atom. The third-order valence-corrected chi connectivity index (χ3v) is 6.02. The maximum Gasteiger partial charge on any atom is 0.460 e. The molecule has 0 spiro atoms. The number of hydrogen-bond acceptors (Lipinski definition) is 6. The lowest BCUT2D eigenvalue weighted by molar-refractivity contribution is -0.384. The summed E-state index contributed by atoms with van der Waals surface area (Å²) in [6.45, 7) is 1.19. The zero-order valence-corrected chi connectivity index (χ0v) is 17.3. The van der Waals surface area contributed by atoms with Gasteiger partial charge in [-0.05, 0) is 30.7 Å². The van der Waals surface area contributed by atoms with Gasteiger partial charge in [0.05, 0.1) is 16.1 Å². The van der Waals surface area contributed by atoms with Crippen molar-refractivity contribution in [2.24, 2.45) is 0 Å². The first-order chi connectivity index (χ1) is 15.7. The molecule has 178 valence electrons. The van der Waals surface area contributed by atoms with E-state index in [1.807, 2.05) is 0 Å². The molecule has 0 fully saturated rings. The highest BCUT2D eigenvalue weighted by atomic mass is 32.1. The summed E-state index contributed by atoms with van der Waals surface area (Å²) < 4.78 is 94.0. The third-order valence-electron chi connectivity index (χ3n) is 4.96. The largest absolute Gasteiger partial charge is 0.460 e. The molecule has 0 amide bonds. The van der Waals surface area contributed by atoms with Crippen LogP contribution >= 0.6 is 11.3 Å². The van der Waals surface area contributed by atoms with Crippen LogP contribution in [-0.4, -0.2) is 31.6 Å². The molecule has 4 rings (SSSR count). The van der Waals surface area contributed by atoms with Crippen LogP contribution in [0.1, 0.15) is 11.3 Å². The summed E-state index contributed by atoms with van der Waals surface area (Å²) >= 11 is 0.493. The highest BCUT2D eigenvalue weighted by molar-refractivity contribution is 7.25. The predicted molar refractivity (Wildman–Crippen MR) is 107 cm³/mol. The number of nitro benzene ring substituents is 1. The van der Waals surface area contributed by atoms with Crippen LogP contribution in [0.15, 0.2) is 41.5 Å². The SMILES string of the molecule is Cc1cc(C(F)(F)C(F)(F)C(F)(F)F)nc2sc3c(=O)n(-c4ccc([N+](=O)[O-])cc4)cnc3c12. The third kappa shape index (κ3) is 3.38. The van der Waals surface area contributed by atoms with Crippen LogP contribution in [0.5, 0.6) is 0 Å². The molecule has 0 N–H and O–H groups in total. The first-order valence-electron chi connectivity index (χ1n) is 9.06. The second-order valence-electron chi connectivity index (χ2n) is 7.12. The molecular weight excluding hydrogens is 497 g/mol. The number of non-ortho nitro benzene ring substituents is 1. The minimum atomic E-state index is -6.53. The maximum atomic E-state index is 14.2. The van der Waals surface area contributed by atoms with Gasteiger partial charge < -0.3 is 0 Å². The standard InChI is InChI=1S/C19H9F7N4O3S/c1-8-6-11(17(20,21)18(22,23)19(24,25)26)28-15-12(8)13-14(34-15)16(31)29(7-27-13)9-2-4-10(5-3-9)30(32)33/h2-7H,1H3. The summed E-state index contributed by atoms with van der Waals surface area (Å²) in [7, 11) is 0. The number of aryl methyl sites for hydroxylation is 1. The average molecular weight is 506 g/mol. The van der Waals surface area contributed by atoms with Gasteiger partial charge in [0.1, 0.15) is 21.6 Å². The Morgan fingerprint density at radius 1 is 1.06 bits per heavy atom. The number of hydrogen-bond donors (Lipinski definition) is 0. The average Bonchev–Trinajstić information content (AvgIpc) is 3.13. The van der Waals surface area contributed by atoms with Crippen LogP contribution in [0.3, 0.4) is 0 Å². The molecule has 0 radical (unpaired) electrons. The summed E-state index contributed by atoms with van der Waals surface area (Å²) in [5.41, 5.74) is -2.73. The maximum absolute atomic E-state index is 14.2. The van der Waals surface area contributed by atoms with Crippen molar-refractivity contribution in [3.8, 4) is 5.69 Å². The predicted octanol–water partition coefficient (Wildman–Crippen LogP) is 5.50. The minimum Gasteiger partial charge on any atom is -0.267 e. The van der Waals surface area contributed by atoms with Crippen LogP contribution < -0.4 is 5.56 Å². The zero-order valence-electron chi connectivity index (χ0n) is 16.5. The van der Waals surface area contributed by atoms with Gasteiger partial charge in [0, 0.05) is 17.5 Å². The van der Waals surface area contributed by atoms with Gasteiger partial charge in [0.25, 0.3) is 11.2 Å². The molecule has 0 aliphatic carbocycles. The van der Waals surface area contributed by atoms with E-state index in [2.05, 4.69) is 9.97 Å². The van der Waals surface area contributed by atoms with E-state index in [0.29, 0.717) is 17.4 Å². The number of nitrogens with zero attached hydrogens (tertiary/aromatic N) is 4. The van der Waals surface area contributed by atoms with Crippen molar-refractivity contribution in [1.29, 1.82) is 0 Å². The number of nitro groups is 1. The van der Waals surface area contributed by atoms with Crippen molar-refractivity contribution in [3.63, 3.8) is 0 Å². The first-order valence-corrected chi connectivity index (χ1v) is 9.87.